The van der Waals surface area contributed by atoms with E-state index in [1.54, 1.807) is 6.92 Å². The lowest BCUT2D eigenvalue weighted by Gasteiger charge is -2.14. The van der Waals surface area contributed by atoms with Crippen LogP contribution in [0.2, 0.25) is 0 Å². The first-order chi connectivity index (χ1) is 16.5. The maximum Gasteiger partial charge on any atom is 0.326 e. The van der Waals surface area contributed by atoms with Crippen molar-refractivity contribution in [1.82, 2.24) is 31.3 Å². The summed E-state index contributed by atoms with van der Waals surface area (Å²) in [6, 6.07) is -1.01. The van der Waals surface area contributed by atoms with Crippen molar-refractivity contribution in [3.63, 3.8) is 0 Å². The van der Waals surface area contributed by atoms with Crippen LogP contribution in [0.3, 0.4) is 0 Å². The predicted octanol–water partition coefficient (Wildman–Crippen LogP) is 3.69. The van der Waals surface area contributed by atoms with Gasteiger partial charge in [0.25, 0.3) is 0 Å². The zero-order chi connectivity index (χ0) is 24.9. The summed E-state index contributed by atoms with van der Waals surface area (Å²) in [5.74, 6) is -0.673. The van der Waals surface area contributed by atoms with Crippen molar-refractivity contribution in [1.29, 1.82) is 0 Å². The molecule has 1 atom stereocenters. The number of nitrogens with one attached hydrogen (secondary N) is 3. The molecule has 0 aliphatic carbocycles. The number of rotatable bonds is 22. The number of carboxylic acid groups (broad SMARTS) is 1. The highest BCUT2D eigenvalue weighted by Crippen LogP contribution is 2.13. The normalized spacial score (nSPS) is 11.8. The number of aryl methyl sites for hydroxylation is 1. The Morgan fingerprint density at radius 1 is 0.824 bits per heavy atom. The molecule has 1 rings (SSSR count). The number of carbonyl (C=O) groups is 3. The predicted molar refractivity (Wildman–Crippen MR) is 130 cm³/mol. The van der Waals surface area contributed by atoms with Crippen molar-refractivity contribution in [3.8, 4) is 0 Å². The second kappa shape index (κ2) is 19.9. The van der Waals surface area contributed by atoms with Crippen LogP contribution in [0.4, 0.5) is 0 Å². The molecular weight excluding hydrogens is 436 g/mol. The highest BCUT2D eigenvalue weighted by atomic mass is 16.4. The van der Waals surface area contributed by atoms with Crippen LogP contribution in [0.15, 0.2) is 0 Å². The van der Waals surface area contributed by atoms with Gasteiger partial charge >= 0.3 is 5.97 Å². The molecule has 10 nitrogen and oxygen atoms in total. The Bertz CT molecular complexity index is 668. The molecule has 0 aliphatic rings. The van der Waals surface area contributed by atoms with Gasteiger partial charge in [-0.05, 0) is 36.6 Å². The summed E-state index contributed by atoms with van der Waals surface area (Å²) in [6.45, 7) is 2.31. The molecule has 10 heteroatoms. The van der Waals surface area contributed by atoms with E-state index in [-0.39, 0.29) is 24.7 Å². The number of carbonyl (C=O) groups excluding carboxylic acids is 2. The molecule has 2 amide bonds. The molecule has 0 radical (unpaired) electrons. The first kappa shape index (κ1) is 29.5. The lowest BCUT2D eigenvalue weighted by atomic mass is 10.0. The number of nitrogens with zero attached hydrogens (tertiary/aromatic N) is 3. The maximum absolute atomic E-state index is 12.0. The van der Waals surface area contributed by atoms with Crippen LogP contribution >= 0.6 is 0 Å². The van der Waals surface area contributed by atoms with E-state index in [2.05, 4.69) is 31.3 Å². The van der Waals surface area contributed by atoms with E-state index < -0.39 is 12.0 Å². The highest BCUT2D eigenvalue weighted by Gasteiger charge is 2.20. The molecule has 1 heterocycles. The number of hydrogen-bond acceptors (Lipinski definition) is 6. The van der Waals surface area contributed by atoms with Gasteiger partial charge in [0, 0.05) is 25.8 Å². The lowest BCUT2D eigenvalue weighted by molar-refractivity contribution is -0.142. The van der Waals surface area contributed by atoms with E-state index in [1.165, 1.54) is 57.8 Å². The number of tetrazole rings is 1. The summed E-state index contributed by atoms with van der Waals surface area (Å²) in [6.07, 6.45) is 16.8. The quantitative estimate of drug-likeness (QED) is 0.185. The number of H-pyrrole nitrogens is 1. The van der Waals surface area contributed by atoms with Gasteiger partial charge in [0.05, 0.1) is 0 Å². The van der Waals surface area contributed by atoms with Crippen LogP contribution in [0.1, 0.15) is 115 Å². The fraction of sp³-hybridized carbons (Fsp3) is 0.833. The Morgan fingerprint density at radius 3 is 1.88 bits per heavy atom. The van der Waals surface area contributed by atoms with Crippen molar-refractivity contribution in [3.05, 3.63) is 5.82 Å². The molecule has 0 aliphatic heterocycles. The van der Waals surface area contributed by atoms with Gasteiger partial charge < -0.3 is 15.7 Å². The van der Waals surface area contributed by atoms with Gasteiger partial charge in [0.2, 0.25) is 11.8 Å². The number of carboxylic acids is 1. The van der Waals surface area contributed by atoms with E-state index in [0.717, 1.165) is 37.9 Å². The van der Waals surface area contributed by atoms with Gasteiger partial charge in [-0.1, -0.05) is 70.6 Å². The lowest BCUT2D eigenvalue weighted by Crippen LogP contribution is -2.41. The summed E-state index contributed by atoms with van der Waals surface area (Å²) in [4.78, 5) is 34.8. The average Bonchev–Trinajstić information content (AvgIpc) is 3.32. The van der Waals surface area contributed by atoms with Gasteiger partial charge in [-0.25, -0.2) is 9.89 Å². The topological polar surface area (TPSA) is 150 Å². The molecule has 0 bridgehead atoms. The van der Waals surface area contributed by atoms with Crippen LogP contribution in [0.25, 0.3) is 0 Å². The third kappa shape index (κ3) is 16.1. The molecule has 34 heavy (non-hydrogen) atoms. The third-order valence-corrected chi connectivity index (χ3v) is 5.87. The van der Waals surface area contributed by atoms with Crippen LogP contribution in [-0.4, -0.2) is 56.1 Å². The molecule has 0 saturated carbocycles. The first-order valence-corrected chi connectivity index (χ1v) is 13.0. The number of amides is 2. The van der Waals surface area contributed by atoms with Gasteiger partial charge in [0.1, 0.15) is 11.9 Å². The Morgan fingerprint density at radius 2 is 1.38 bits per heavy atom. The minimum absolute atomic E-state index is 0.0911. The van der Waals surface area contributed by atoms with Gasteiger partial charge in [-0.3, -0.25) is 9.59 Å². The molecule has 0 spiro atoms. The molecule has 1 aromatic rings. The summed E-state index contributed by atoms with van der Waals surface area (Å²) in [5, 5.41) is 28.2. The first-order valence-electron chi connectivity index (χ1n) is 13.0. The molecule has 0 saturated heterocycles. The molecule has 0 unspecified atom stereocenters. The Balaban J connectivity index is 1.88. The van der Waals surface area contributed by atoms with E-state index in [0.29, 0.717) is 13.0 Å². The van der Waals surface area contributed by atoms with E-state index in [1.807, 2.05) is 0 Å². The van der Waals surface area contributed by atoms with Crippen LogP contribution in [-0.2, 0) is 20.8 Å². The Kier molecular flexibility index (Phi) is 17.3. The molecular formula is C24H44N6O4. The Hall–Kier alpha value is -2.52. The highest BCUT2D eigenvalue weighted by molar-refractivity contribution is 5.84. The van der Waals surface area contributed by atoms with Gasteiger partial charge in [-0.2, -0.15) is 0 Å². The summed E-state index contributed by atoms with van der Waals surface area (Å²) in [5.41, 5.74) is 0. The van der Waals surface area contributed by atoms with Gasteiger partial charge in [0.15, 0.2) is 0 Å². The summed E-state index contributed by atoms with van der Waals surface area (Å²) >= 11 is 0. The number of hydrogen-bond donors (Lipinski definition) is 4. The number of aliphatic carboxylic acids is 1. The largest absolute Gasteiger partial charge is 0.480 e. The standard InChI is InChI=1S/C24H44N6O4/c1-2-25-22(31)19-18-20(24(33)34)26-23(32)17-15-13-11-9-7-5-3-4-6-8-10-12-14-16-21-27-29-30-28-21/h20H,2-19H2,1H3,(H,25,31)(H,26,32)(H,33,34)(H,27,28,29,30)/t20-/m0/s1. The minimum atomic E-state index is -1.10. The Labute approximate surface area is 203 Å². The fourth-order valence-corrected chi connectivity index (χ4v) is 3.89. The average molecular weight is 481 g/mol. The number of aromatic amines is 1. The van der Waals surface area contributed by atoms with Gasteiger partial charge in [-0.15, -0.1) is 5.10 Å². The maximum atomic E-state index is 12.0. The number of aromatic nitrogens is 4. The van der Waals surface area contributed by atoms with Crippen molar-refractivity contribution < 1.29 is 19.5 Å². The second-order valence-corrected chi connectivity index (χ2v) is 8.89. The summed E-state index contributed by atoms with van der Waals surface area (Å²) in [7, 11) is 0. The SMILES string of the molecule is CCNC(=O)CC[C@H](NC(=O)CCCCCCCCCCCCCCCc1nnn[nH]1)C(=O)O. The van der Waals surface area contributed by atoms with E-state index in [9.17, 15) is 19.5 Å². The summed E-state index contributed by atoms with van der Waals surface area (Å²) < 4.78 is 0. The monoisotopic (exact) mass is 480 g/mol. The smallest absolute Gasteiger partial charge is 0.326 e. The van der Waals surface area contributed by atoms with E-state index >= 15 is 0 Å². The second-order valence-electron chi connectivity index (χ2n) is 8.89. The molecule has 1 aromatic heterocycles. The molecule has 0 fully saturated rings. The van der Waals surface area contributed by atoms with Crippen molar-refractivity contribution in [2.45, 2.75) is 122 Å². The van der Waals surface area contributed by atoms with Crippen LogP contribution in [0, 0.1) is 0 Å². The zero-order valence-corrected chi connectivity index (χ0v) is 20.8. The van der Waals surface area contributed by atoms with Crippen molar-refractivity contribution in [2.24, 2.45) is 0 Å². The van der Waals surface area contributed by atoms with E-state index in [4.69, 9.17) is 0 Å². The molecule has 4 N–H and O–H groups in total. The fourth-order valence-electron chi connectivity index (χ4n) is 3.89. The minimum Gasteiger partial charge on any atom is -0.480 e. The zero-order valence-electron chi connectivity index (χ0n) is 20.8. The van der Waals surface area contributed by atoms with Crippen molar-refractivity contribution in [2.75, 3.05) is 6.54 Å². The third-order valence-electron chi connectivity index (χ3n) is 5.87. The molecule has 194 valence electrons. The van der Waals surface area contributed by atoms with Crippen molar-refractivity contribution >= 4 is 17.8 Å². The van der Waals surface area contributed by atoms with Crippen LogP contribution < -0.4 is 10.6 Å². The van der Waals surface area contributed by atoms with Crippen LogP contribution in [0.5, 0.6) is 0 Å². The number of unbranched alkanes of at least 4 members (excludes halogenated alkanes) is 12. The molecule has 0 aromatic carbocycles.